The van der Waals surface area contributed by atoms with Crippen molar-refractivity contribution in [2.45, 2.75) is 32.7 Å². The van der Waals surface area contributed by atoms with Gasteiger partial charge in [0.15, 0.2) is 11.5 Å². The predicted molar refractivity (Wildman–Crippen MR) is 106 cm³/mol. The highest BCUT2D eigenvalue weighted by Crippen LogP contribution is 2.26. The summed E-state index contributed by atoms with van der Waals surface area (Å²) < 4.78 is 11.2. The molecule has 146 valence electrons. The van der Waals surface area contributed by atoms with E-state index in [0.717, 1.165) is 30.2 Å². The number of carbonyl (C=O) groups excluding carboxylic acids is 1. The van der Waals surface area contributed by atoms with E-state index in [4.69, 9.17) is 8.94 Å². The van der Waals surface area contributed by atoms with E-state index < -0.39 is 0 Å². The molecule has 1 atom stereocenters. The van der Waals surface area contributed by atoms with Crippen LogP contribution in [0.3, 0.4) is 0 Å². The van der Waals surface area contributed by atoms with Gasteiger partial charge in [-0.25, -0.2) is 0 Å². The smallest absolute Gasteiger partial charge is 0.273 e. The van der Waals surface area contributed by atoms with Crippen molar-refractivity contribution in [1.82, 2.24) is 15.4 Å². The average Bonchev–Trinajstić information content (AvgIpc) is 3.44. The zero-order valence-electron chi connectivity index (χ0n) is 16.3. The zero-order chi connectivity index (χ0) is 19.5. The van der Waals surface area contributed by atoms with Crippen molar-refractivity contribution < 1.29 is 13.7 Å². The third-order valence-electron chi connectivity index (χ3n) is 5.21. The van der Waals surface area contributed by atoms with Crippen LogP contribution in [0, 0.1) is 13.8 Å². The first-order valence-corrected chi connectivity index (χ1v) is 9.72. The van der Waals surface area contributed by atoms with Gasteiger partial charge in [0, 0.05) is 18.2 Å². The Labute approximate surface area is 164 Å². The summed E-state index contributed by atoms with van der Waals surface area (Å²) in [5.74, 6) is 2.11. The summed E-state index contributed by atoms with van der Waals surface area (Å²) >= 11 is 0. The molecule has 3 heterocycles. The second-order valence-corrected chi connectivity index (χ2v) is 7.36. The molecule has 0 radical (unpaired) electrons. The van der Waals surface area contributed by atoms with Gasteiger partial charge in [0.05, 0.1) is 6.04 Å². The van der Waals surface area contributed by atoms with Gasteiger partial charge >= 0.3 is 0 Å². The van der Waals surface area contributed by atoms with Gasteiger partial charge in [0.2, 0.25) is 0 Å². The molecule has 0 saturated carbocycles. The maximum atomic E-state index is 12.6. The molecule has 3 aromatic rings. The summed E-state index contributed by atoms with van der Waals surface area (Å²) in [5, 5.41) is 6.94. The Morgan fingerprint density at radius 1 is 1.14 bits per heavy atom. The average molecular weight is 379 g/mol. The Balaban J connectivity index is 1.44. The normalized spacial score (nSPS) is 15.6. The van der Waals surface area contributed by atoms with Crippen molar-refractivity contribution in [3.8, 4) is 11.3 Å². The Bertz CT molecular complexity index is 936. The van der Waals surface area contributed by atoms with Crippen molar-refractivity contribution >= 4 is 5.91 Å². The van der Waals surface area contributed by atoms with Crippen LogP contribution in [0.25, 0.3) is 11.3 Å². The van der Waals surface area contributed by atoms with E-state index in [0.29, 0.717) is 12.3 Å². The lowest BCUT2D eigenvalue weighted by Gasteiger charge is -2.25. The first kappa shape index (κ1) is 18.5. The van der Waals surface area contributed by atoms with Gasteiger partial charge < -0.3 is 14.3 Å². The summed E-state index contributed by atoms with van der Waals surface area (Å²) in [6.07, 6.45) is 2.35. The first-order valence-electron chi connectivity index (χ1n) is 9.72. The van der Waals surface area contributed by atoms with Crippen molar-refractivity contribution in [3.05, 3.63) is 65.2 Å². The summed E-state index contributed by atoms with van der Waals surface area (Å²) in [4.78, 5) is 15.0. The van der Waals surface area contributed by atoms with Gasteiger partial charge in [-0.3, -0.25) is 9.69 Å². The number of rotatable bonds is 6. The van der Waals surface area contributed by atoms with Crippen LogP contribution in [0.5, 0.6) is 0 Å². The molecule has 1 amide bonds. The molecular weight excluding hydrogens is 354 g/mol. The van der Waals surface area contributed by atoms with Crippen molar-refractivity contribution in [3.63, 3.8) is 0 Å². The van der Waals surface area contributed by atoms with E-state index in [2.05, 4.69) is 15.4 Å². The molecule has 1 aliphatic rings. The van der Waals surface area contributed by atoms with Gasteiger partial charge in [0.25, 0.3) is 5.91 Å². The van der Waals surface area contributed by atoms with Crippen LogP contribution in [0.15, 0.2) is 51.4 Å². The van der Waals surface area contributed by atoms with Crippen LogP contribution in [0.2, 0.25) is 0 Å². The topological polar surface area (TPSA) is 71.5 Å². The number of carbonyl (C=O) groups is 1. The van der Waals surface area contributed by atoms with E-state index in [1.54, 1.807) is 6.07 Å². The number of furan rings is 1. The van der Waals surface area contributed by atoms with Gasteiger partial charge in [-0.15, -0.1) is 0 Å². The molecule has 4 rings (SSSR count). The third kappa shape index (κ3) is 4.02. The van der Waals surface area contributed by atoms with Crippen LogP contribution in [-0.2, 0) is 0 Å². The minimum Gasteiger partial charge on any atom is -0.465 e. The second kappa shape index (κ2) is 8.02. The highest BCUT2D eigenvalue weighted by Gasteiger charge is 2.27. The molecule has 0 bridgehead atoms. The molecule has 28 heavy (non-hydrogen) atoms. The molecule has 0 spiro atoms. The molecule has 1 aromatic carbocycles. The summed E-state index contributed by atoms with van der Waals surface area (Å²) in [6, 6.07) is 13.6. The maximum Gasteiger partial charge on any atom is 0.273 e. The Morgan fingerprint density at radius 2 is 1.89 bits per heavy atom. The predicted octanol–water partition coefficient (Wildman–Crippen LogP) is 4.12. The van der Waals surface area contributed by atoms with E-state index in [1.165, 1.54) is 18.4 Å². The number of hydrogen-bond donors (Lipinski definition) is 1. The monoisotopic (exact) mass is 379 g/mol. The summed E-state index contributed by atoms with van der Waals surface area (Å²) in [6.45, 7) is 6.47. The number of aromatic nitrogens is 1. The number of amides is 1. The fourth-order valence-electron chi connectivity index (χ4n) is 3.61. The van der Waals surface area contributed by atoms with Crippen LogP contribution in [-0.4, -0.2) is 35.6 Å². The molecule has 1 unspecified atom stereocenters. The lowest BCUT2D eigenvalue weighted by Crippen LogP contribution is -2.36. The van der Waals surface area contributed by atoms with E-state index >= 15 is 0 Å². The number of nitrogens with zero attached hydrogens (tertiary/aromatic N) is 2. The lowest BCUT2D eigenvalue weighted by molar-refractivity contribution is 0.0924. The summed E-state index contributed by atoms with van der Waals surface area (Å²) in [7, 11) is 0. The van der Waals surface area contributed by atoms with Crippen LogP contribution < -0.4 is 5.32 Å². The van der Waals surface area contributed by atoms with Gasteiger partial charge in [0.1, 0.15) is 11.5 Å². The maximum absolute atomic E-state index is 12.6. The molecule has 6 nitrogen and oxygen atoms in total. The molecule has 6 heteroatoms. The van der Waals surface area contributed by atoms with Gasteiger partial charge in [-0.2, -0.15) is 0 Å². The molecule has 1 N–H and O–H groups in total. The van der Waals surface area contributed by atoms with Crippen LogP contribution >= 0.6 is 0 Å². The number of nitrogens with one attached hydrogen (secondary N) is 1. The van der Waals surface area contributed by atoms with Crippen LogP contribution in [0.4, 0.5) is 0 Å². The highest BCUT2D eigenvalue weighted by molar-refractivity contribution is 5.93. The van der Waals surface area contributed by atoms with Crippen LogP contribution in [0.1, 0.15) is 46.5 Å². The van der Waals surface area contributed by atoms with Crippen molar-refractivity contribution in [1.29, 1.82) is 0 Å². The van der Waals surface area contributed by atoms with E-state index in [-0.39, 0.29) is 17.6 Å². The molecule has 2 aromatic heterocycles. The lowest BCUT2D eigenvalue weighted by atomic mass is 10.1. The summed E-state index contributed by atoms with van der Waals surface area (Å²) in [5.41, 5.74) is 2.35. The zero-order valence-corrected chi connectivity index (χ0v) is 16.3. The van der Waals surface area contributed by atoms with Crippen molar-refractivity contribution in [2.24, 2.45) is 0 Å². The molecule has 1 saturated heterocycles. The Hall–Kier alpha value is -2.86. The molecule has 1 fully saturated rings. The largest absolute Gasteiger partial charge is 0.465 e. The van der Waals surface area contributed by atoms with E-state index in [9.17, 15) is 4.79 Å². The number of likely N-dealkylation sites (tertiary alicyclic amines) is 1. The van der Waals surface area contributed by atoms with Gasteiger partial charge in [-0.05, 0) is 51.9 Å². The number of hydrogen-bond acceptors (Lipinski definition) is 5. The Kier molecular flexibility index (Phi) is 5.30. The fraction of sp³-hybridized carbons (Fsp3) is 0.364. The SMILES string of the molecule is Cc1ccc(-c2cc(C(=O)NCC(c3ccc(C)o3)N3CCCC3)no2)cc1. The fourth-order valence-corrected chi connectivity index (χ4v) is 3.61. The molecule has 0 aliphatic carbocycles. The quantitative estimate of drug-likeness (QED) is 0.698. The standard InChI is InChI=1S/C22H25N3O3/c1-15-5-8-17(9-6-15)21-13-18(24-28-21)22(26)23-14-19(25-11-3-4-12-25)20-10-7-16(2)27-20/h5-10,13,19H,3-4,11-12,14H2,1-2H3,(H,23,26). The van der Waals surface area contributed by atoms with Crippen molar-refractivity contribution in [2.75, 3.05) is 19.6 Å². The first-order chi connectivity index (χ1) is 13.6. The van der Waals surface area contributed by atoms with Gasteiger partial charge in [-0.1, -0.05) is 35.0 Å². The molecule has 1 aliphatic heterocycles. The third-order valence-corrected chi connectivity index (χ3v) is 5.21. The number of aryl methyl sites for hydroxylation is 2. The minimum atomic E-state index is -0.241. The second-order valence-electron chi connectivity index (χ2n) is 7.36. The number of benzene rings is 1. The Morgan fingerprint density at radius 3 is 2.57 bits per heavy atom. The molecular formula is C22H25N3O3. The van der Waals surface area contributed by atoms with E-state index in [1.807, 2.05) is 50.2 Å². The highest BCUT2D eigenvalue weighted by atomic mass is 16.5. The minimum absolute atomic E-state index is 0.0311.